The number of hydrogen-bond acceptors (Lipinski definition) is 2. The van der Waals surface area contributed by atoms with Gasteiger partial charge >= 0.3 is 0 Å². The van der Waals surface area contributed by atoms with Gasteiger partial charge in [0.25, 0.3) is 0 Å². The Morgan fingerprint density at radius 1 is 1.25 bits per heavy atom. The number of nitrogens with zero attached hydrogens (tertiary/aromatic N) is 1. The molecule has 2 rings (SSSR count). The fourth-order valence-electron chi connectivity index (χ4n) is 2.04. The molecule has 0 aliphatic heterocycles. The summed E-state index contributed by atoms with van der Waals surface area (Å²) < 4.78 is 26.9. The van der Waals surface area contributed by atoms with Crippen molar-refractivity contribution in [2.75, 3.05) is 6.54 Å². The van der Waals surface area contributed by atoms with E-state index in [9.17, 15) is 8.78 Å². The van der Waals surface area contributed by atoms with Crippen LogP contribution in [0.1, 0.15) is 24.2 Å². The molecule has 0 saturated heterocycles. The van der Waals surface area contributed by atoms with Crippen molar-refractivity contribution in [1.29, 1.82) is 0 Å². The molecule has 0 amide bonds. The molecule has 1 heterocycles. The first-order valence-corrected chi connectivity index (χ1v) is 6.76. The Balaban J connectivity index is 2.25. The number of likely N-dealkylation sites (N-methyl/N-ethyl adjacent to an activating group) is 1. The summed E-state index contributed by atoms with van der Waals surface area (Å²) in [5, 5.41) is 3.76. The van der Waals surface area contributed by atoms with Crippen molar-refractivity contribution in [2.24, 2.45) is 0 Å². The largest absolute Gasteiger partial charge is 0.309 e. The molecule has 5 heteroatoms. The van der Waals surface area contributed by atoms with Gasteiger partial charge in [-0.2, -0.15) is 0 Å². The molecule has 1 aromatic carbocycles. The van der Waals surface area contributed by atoms with Gasteiger partial charge in [0.1, 0.15) is 11.6 Å². The van der Waals surface area contributed by atoms with E-state index in [1.54, 1.807) is 18.3 Å². The lowest BCUT2D eigenvalue weighted by Crippen LogP contribution is -2.24. The van der Waals surface area contributed by atoms with Gasteiger partial charge in [-0.25, -0.2) is 8.78 Å². The van der Waals surface area contributed by atoms with E-state index in [1.165, 1.54) is 6.07 Å². The fourth-order valence-corrected chi connectivity index (χ4v) is 2.15. The molecule has 0 aliphatic rings. The van der Waals surface area contributed by atoms with Gasteiger partial charge < -0.3 is 5.32 Å². The van der Waals surface area contributed by atoms with Crippen LogP contribution < -0.4 is 5.32 Å². The first-order valence-electron chi connectivity index (χ1n) is 6.39. The molecule has 0 bridgehead atoms. The highest BCUT2D eigenvalue weighted by molar-refractivity contribution is 6.30. The Bertz CT molecular complexity index is 573. The fraction of sp³-hybridized carbons (Fsp3) is 0.267. The second-order valence-electron chi connectivity index (χ2n) is 4.45. The molecule has 0 radical (unpaired) electrons. The van der Waals surface area contributed by atoms with Crippen LogP contribution in [-0.4, -0.2) is 11.5 Å². The summed E-state index contributed by atoms with van der Waals surface area (Å²) in [6, 6.07) is 6.80. The number of halogens is 3. The van der Waals surface area contributed by atoms with Crippen LogP contribution in [0.15, 0.2) is 36.5 Å². The normalized spacial score (nSPS) is 12.4. The lowest BCUT2D eigenvalue weighted by molar-refractivity contribution is 0.513. The summed E-state index contributed by atoms with van der Waals surface area (Å²) in [7, 11) is 0. The van der Waals surface area contributed by atoms with Crippen molar-refractivity contribution >= 4 is 11.6 Å². The topological polar surface area (TPSA) is 24.9 Å². The molecule has 1 aromatic heterocycles. The molecular weight excluding hydrogens is 282 g/mol. The Morgan fingerprint density at radius 3 is 2.70 bits per heavy atom. The minimum absolute atomic E-state index is 0.187. The maximum Gasteiger partial charge on any atom is 0.126 e. The number of pyridine rings is 1. The second-order valence-corrected chi connectivity index (χ2v) is 4.89. The third kappa shape index (κ3) is 3.74. The average molecular weight is 297 g/mol. The number of hydrogen-bond donors (Lipinski definition) is 1. The quantitative estimate of drug-likeness (QED) is 0.905. The van der Waals surface area contributed by atoms with E-state index in [4.69, 9.17) is 11.6 Å². The van der Waals surface area contributed by atoms with Crippen LogP contribution in [0, 0.1) is 11.6 Å². The van der Waals surface area contributed by atoms with Crippen molar-refractivity contribution in [3.63, 3.8) is 0 Å². The molecule has 2 aromatic rings. The molecule has 1 N–H and O–H groups in total. The predicted octanol–water partition coefficient (Wildman–Crippen LogP) is 3.91. The minimum Gasteiger partial charge on any atom is -0.309 e. The van der Waals surface area contributed by atoms with Crippen molar-refractivity contribution in [3.05, 3.63) is 64.4 Å². The number of benzene rings is 1. The second kappa shape index (κ2) is 6.77. The summed E-state index contributed by atoms with van der Waals surface area (Å²) in [5.41, 5.74) is 1.08. The van der Waals surface area contributed by atoms with Crippen LogP contribution in [0.3, 0.4) is 0 Å². The monoisotopic (exact) mass is 296 g/mol. The summed E-state index contributed by atoms with van der Waals surface area (Å²) in [6.45, 7) is 2.65. The van der Waals surface area contributed by atoms with E-state index in [0.717, 1.165) is 17.8 Å². The van der Waals surface area contributed by atoms with E-state index in [1.807, 2.05) is 6.92 Å². The zero-order valence-corrected chi connectivity index (χ0v) is 11.8. The Hall–Kier alpha value is -1.52. The maximum absolute atomic E-state index is 13.7. The molecule has 2 nitrogen and oxygen atoms in total. The number of aromatic nitrogens is 1. The first-order chi connectivity index (χ1) is 9.60. The van der Waals surface area contributed by atoms with E-state index < -0.39 is 11.6 Å². The van der Waals surface area contributed by atoms with Gasteiger partial charge in [-0.1, -0.05) is 18.5 Å². The molecule has 106 valence electrons. The molecule has 20 heavy (non-hydrogen) atoms. The van der Waals surface area contributed by atoms with E-state index in [0.29, 0.717) is 23.6 Å². The third-order valence-corrected chi connectivity index (χ3v) is 3.21. The number of nitrogens with one attached hydrogen (secondary N) is 1. The molecular formula is C15H15ClF2N2. The van der Waals surface area contributed by atoms with Gasteiger partial charge in [-0.15, -0.1) is 0 Å². The summed E-state index contributed by atoms with van der Waals surface area (Å²) in [6.07, 6.45) is 1.87. The van der Waals surface area contributed by atoms with Gasteiger partial charge in [-0.3, -0.25) is 4.98 Å². The van der Waals surface area contributed by atoms with Gasteiger partial charge in [0.05, 0.1) is 16.8 Å². The third-order valence-electron chi connectivity index (χ3n) is 2.99. The van der Waals surface area contributed by atoms with E-state index >= 15 is 0 Å². The van der Waals surface area contributed by atoms with Crippen molar-refractivity contribution in [2.45, 2.75) is 19.4 Å². The highest BCUT2D eigenvalue weighted by Crippen LogP contribution is 2.20. The van der Waals surface area contributed by atoms with Crippen molar-refractivity contribution < 1.29 is 8.78 Å². The van der Waals surface area contributed by atoms with E-state index in [2.05, 4.69) is 10.3 Å². The zero-order valence-electron chi connectivity index (χ0n) is 11.0. The van der Waals surface area contributed by atoms with E-state index in [-0.39, 0.29) is 6.04 Å². The predicted molar refractivity (Wildman–Crippen MR) is 75.7 cm³/mol. The van der Waals surface area contributed by atoms with Gasteiger partial charge in [0, 0.05) is 6.20 Å². The van der Waals surface area contributed by atoms with Gasteiger partial charge in [-0.05, 0) is 48.9 Å². The summed E-state index contributed by atoms with van der Waals surface area (Å²) in [5.74, 6) is -0.857. The van der Waals surface area contributed by atoms with Crippen LogP contribution in [0.25, 0.3) is 0 Å². The lowest BCUT2D eigenvalue weighted by atomic mass is 10.0. The lowest BCUT2D eigenvalue weighted by Gasteiger charge is -2.18. The Morgan fingerprint density at radius 2 is 2.05 bits per heavy atom. The molecule has 0 spiro atoms. The van der Waals surface area contributed by atoms with Crippen LogP contribution >= 0.6 is 11.6 Å². The molecule has 1 atom stereocenters. The van der Waals surface area contributed by atoms with Crippen LogP contribution in [0.4, 0.5) is 8.78 Å². The smallest absolute Gasteiger partial charge is 0.126 e. The SMILES string of the molecule is CCNC(Cc1cc(F)ccc1F)c1ccc(Cl)cn1. The summed E-state index contributed by atoms with van der Waals surface area (Å²) >= 11 is 5.81. The molecule has 0 fully saturated rings. The summed E-state index contributed by atoms with van der Waals surface area (Å²) in [4.78, 5) is 4.23. The highest BCUT2D eigenvalue weighted by Gasteiger charge is 2.15. The minimum atomic E-state index is -0.444. The zero-order chi connectivity index (χ0) is 14.5. The van der Waals surface area contributed by atoms with Crippen molar-refractivity contribution in [3.8, 4) is 0 Å². The standard InChI is InChI=1S/C15H15ClF2N2/c1-2-19-15(14-6-3-11(16)9-20-14)8-10-7-12(17)4-5-13(10)18/h3-7,9,15,19H,2,8H2,1H3. The van der Waals surface area contributed by atoms with Gasteiger partial charge in [0.15, 0.2) is 0 Å². The van der Waals surface area contributed by atoms with Crippen LogP contribution in [-0.2, 0) is 6.42 Å². The number of rotatable bonds is 5. The molecule has 1 unspecified atom stereocenters. The van der Waals surface area contributed by atoms with Gasteiger partial charge in [0.2, 0.25) is 0 Å². The van der Waals surface area contributed by atoms with Crippen LogP contribution in [0.5, 0.6) is 0 Å². The molecule has 0 saturated carbocycles. The van der Waals surface area contributed by atoms with Crippen molar-refractivity contribution in [1.82, 2.24) is 10.3 Å². The van der Waals surface area contributed by atoms with Crippen LogP contribution in [0.2, 0.25) is 5.02 Å². The Kier molecular flexibility index (Phi) is 5.04. The maximum atomic E-state index is 13.7. The molecule has 0 aliphatic carbocycles. The highest BCUT2D eigenvalue weighted by atomic mass is 35.5. The Labute approximate surface area is 121 Å². The first kappa shape index (κ1) is 14.9. The average Bonchev–Trinajstić information content (AvgIpc) is 2.43.